The average Bonchev–Trinajstić information content (AvgIpc) is 3.16. The highest BCUT2D eigenvalue weighted by atomic mass is 16.5. The molecule has 1 amide bonds. The van der Waals surface area contributed by atoms with Crippen LogP contribution in [0, 0.1) is 0 Å². The number of hydrogen-bond acceptors (Lipinski definition) is 5. The molecule has 3 unspecified atom stereocenters. The van der Waals surface area contributed by atoms with Gasteiger partial charge < -0.3 is 20.3 Å². The number of nitrogens with one attached hydrogen (secondary N) is 1. The lowest BCUT2D eigenvalue weighted by Crippen LogP contribution is -2.46. The summed E-state index contributed by atoms with van der Waals surface area (Å²) in [6.45, 7) is 6.26. The van der Waals surface area contributed by atoms with E-state index in [0.717, 1.165) is 109 Å². The molecule has 0 saturated heterocycles. The number of allylic oxidation sites excluding steroid dienone is 10. The number of rotatable bonds is 39. The number of esters is 1. The zero-order chi connectivity index (χ0) is 39.6. The molecule has 0 radical (unpaired) electrons. The monoisotopic (exact) mass is 756 g/mol. The molecule has 0 aromatic heterocycles. The molecular formula is C48H85NO5. The van der Waals surface area contributed by atoms with Gasteiger partial charge in [0.1, 0.15) is 6.10 Å². The SMILES string of the molecule is CC/C=C/C/C=C/C/C=C/C/C=C/CCCCCC(=O)OC(CCCCC/C=C\CCC)CC(=O)NC(CO)C(O)CCCCCCCCCCCCC. The predicted octanol–water partition coefficient (Wildman–Crippen LogP) is 12.9. The largest absolute Gasteiger partial charge is 0.462 e. The fourth-order valence-corrected chi connectivity index (χ4v) is 6.42. The van der Waals surface area contributed by atoms with E-state index in [0.29, 0.717) is 19.3 Å². The molecule has 0 spiro atoms. The van der Waals surface area contributed by atoms with Crippen LogP contribution in [0.2, 0.25) is 0 Å². The van der Waals surface area contributed by atoms with Crippen molar-refractivity contribution in [3.05, 3.63) is 60.8 Å². The van der Waals surface area contributed by atoms with Crippen molar-refractivity contribution in [3.63, 3.8) is 0 Å². The Labute approximate surface area is 333 Å². The molecule has 6 heteroatoms. The molecule has 0 saturated carbocycles. The minimum Gasteiger partial charge on any atom is -0.462 e. The maximum absolute atomic E-state index is 13.1. The van der Waals surface area contributed by atoms with Crippen molar-refractivity contribution >= 4 is 11.9 Å². The Balaban J connectivity index is 4.56. The molecule has 0 heterocycles. The van der Waals surface area contributed by atoms with Gasteiger partial charge in [0.15, 0.2) is 0 Å². The van der Waals surface area contributed by atoms with Gasteiger partial charge in [0.05, 0.1) is 25.2 Å². The summed E-state index contributed by atoms with van der Waals surface area (Å²) < 4.78 is 5.86. The summed E-state index contributed by atoms with van der Waals surface area (Å²) >= 11 is 0. The summed E-state index contributed by atoms with van der Waals surface area (Å²) in [6, 6.07) is -0.711. The van der Waals surface area contributed by atoms with E-state index in [1.165, 1.54) is 51.4 Å². The van der Waals surface area contributed by atoms with Crippen LogP contribution in [0.25, 0.3) is 0 Å². The van der Waals surface area contributed by atoms with Crippen molar-refractivity contribution in [2.75, 3.05) is 6.61 Å². The first-order chi connectivity index (χ1) is 26.5. The number of hydrogen-bond donors (Lipinski definition) is 3. The summed E-state index contributed by atoms with van der Waals surface area (Å²) in [7, 11) is 0. The first-order valence-corrected chi connectivity index (χ1v) is 22.5. The third-order valence-corrected chi connectivity index (χ3v) is 9.81. The lowest BCUT2D eigenvalue weighted by molar-refractivity contribution is -0.151. The van der Waals surface area contributed by atoms with Gasteiger partial charge in [-0.15, -0.1) is 0 Å². The highest BCUT2D eigenvalue weighted by Gasteiger charge is 2.24. The van der Waals surface area contributed by atoms with Crippen molar-refractivity contribution in [3.8, 4) is 0 Å². The van der Waals surface area contributed by atoms with Crippen LogP contribution in [-0.2, 0) is 14.3 Å². The standard InChI is InChI=1S/C48H85NO5/c1-4-7-10-13-16-19-21-22-23-24-25-27-29-32-35-38-41-48(53)54-44(39-36-33-30-18-15-12-9-6-3)42-47(52)49-45(43-50)46(51)40-37-34-31-28-26-20-17-14-11-8-5-2/h7,10,12,15-16,19,22-23,25,27,44-46,50-51H,4-6,8-9,11,13-14,17-18,20-21,24,26,28-43H2,1-3H3,(H,49,52)/b10-7+,15-12-,19-16+,23-22+,27-25+. The maximum atomic E-state index is 13.1. The molecule has 3 atom stereocenters. The van der Waals surface area contributed by atoms with Gasteiger partial charge >= 0.3 is 5.97 Å². The van der Waals surface area contributed by atoms with E-state index in [9.17, 15) is 19.8 Å². The second-order valence-corrected chi connectivity index (χ2v) is 15.1. The van der Waals surface area contributed by atoms with Crippen LogP contribution in [0.3, 0.4) is 0 Å². The van der Waals surface area contributed by atoms with Crippen LogP contribution in [0.15, 0.2) is 60.8 Å². The van der Waals surface area contributed by atoms with E-state index in [4.69, 9.17) is 4.74 Å². The van der Waals surface area contributed by atoms with E-state index >= 15 is 0 Å². The first-order valence-electron chi connectivity index (χ1n) is 22.5. The second kappa shape index (κ2) is 41.7. The lowest BCUT2D eigenvalue weighted by atomic mass is 10.0. The fraction of sp³-hybridized carbons (Fsp3) is 0.750. The quantitative estimate of drug-likeness (QED) is 0.0330. The van der Waals surface area contributed by atoms with Crippen molar-refractivity contribution in [1.82, 2.24) is 5.32 Å². The van der Waals surface area contributed by atoms with Crippen LogP contribution in [0.4, 0.5) is 0 Å². The highest BCUT2D eigenvalue weighted by molar-refractivity contribution is 5.77. The summed E-state index contributed by atoms with van der Waals surface area (Å²) in [5.41, 5.74) is 0. The van der Waals surface area contributed by atoms with Crippen LogP contribution >= 0.6 is 0 Å². The van der Waals surface area contributed by atoms with Gasteiger partial charge in [0.25, 0.3) is 0 Å². The van der Waals surface area contributed by atoms with E-state index < -0.39 is 18.2 Å². The number of carbonyl (C=O) groups excluding carboxylic acids is 2. The highest BCUT2D eigenvalue weighted by Crippen LogP contribution is 2.16. The zero-order valence-electron chi connectivity index (χ0n) is 35.3. The first kappa shape index (κ1) is 51.6. The normalized spacial score (nSPS) is 13.9. The molecule has 0 aliphatic carbocycles. The summed E-state index contributed by atoms with van der Waals surface area (Å²) in [5.74, 6) is -0.535. The molecule has 0 aliphatic heterocycles. The number of carbonyl (C=O) groups is 2. The minimum absolute atomic E-state index is 0.0512. The van der Waals surface area contributed by atoms with E-state index in [1.807, 2.05) is 0 Å². The van der Waals surface area contributed by atoms with E-state index in [2.05, 4.69) is 86.8 Å². The van der Waals surface area contributed by atoms with Crippen LogP contribution in [-0.4, -0.2) is 46.9 Å². The van der Waals surface area contributed by atoms with Gasteiger partial charge in [0, 0.05) is 6.42 Å². The van der Waals surface area contributed by atoms with Gasteiger partial charge in [-0.25, -0.2) is 0 Å². The average molecular weight is 756 g/mol. The molecule has 0 aromatic carbocycles. The van der Waals surface area contributed by atoms with Crippen molar-refractivity contribution in [2.45, 2.75) is 225 Å². The van der Waals surface area contributed by atoms with Gasteiger partial charge in [-0.3, -0.25) is 9.59 Å². The lowest BCUT2D eigenvalue weighted by Gasteiger charge is -2.24. The van der Waals surface area contributed by atoms with Crippen molar-refractivity contribution in [2.24, 2.45) is 0 Å². The fourth-order valence-electron chi connectivity index (χ4n) is 6.42. The molecule has 0 rings (SSSR count). The Morgan fingerprint density at radius 3 is 1.61 bits per heavy atom. The zero-order valence-corrected chi connectivity index (χ0v) is 35.3. The molecular weight excluding hydrogens is 671 g/mol. The molecule has 3 N–H and O–H groups in total. The molecule has 0 aliphatic rings. The molecule has 0 aromatic rings. The predicted molar refractivity (Wildman–Crippen MR) is 232 cm³/mol. The Morgan fingerprint density at radius 1 is 0.556 bits per heavy atom. The minimum atomic E-state index is -0.795. The van der Waals surface area contributed by atoms with Crippen molar-refractivity contribution in [1.29, 1.82) is 0 Å². The van der Waals surface area contributed by atoms with Crippen molar-refractivity contribution < 1.29 is 24.5 Å². The number of aliphatic hydroxyl groups is 2. The maximum Gasteiger partial charge on any atom is 0.306 e. The summed E-state index contributed by atoms with van der Waals surface area (Å²) in [6.07, 6.45) is 50.0. The third kappa shape index (κ3) is 36.5. The number of aliphatic hydroxyl groups excluding tert-OH is 2. The summed E-state index contributed by atoms with van der Waals surface area (Å²) in [5, 5.41) is 23.6. The van der Waals surface area contributed by atoms with Gasteiger partial charge in [-0.1, -0.05) is 171 Å². The topological polar surface area (TPSA) is 95.9 Å². The Hall–Kier alpha value is -2.44. The Morgan fingerprint density at radius 2 is 1.04 bits per heavy atom. The van der Waals surface area contributed by atoms with Crippen LogP contribution < -0.4 is 5.32 Å². The third-order valence-electron chi connectivity index (χ3n) is 9.81. The Bertz CT molecular complexity index is 984. The van der Waals surface area contributed by atoms with Gasteiger partial charge in [-0.2, -0.15) is 0 Å². The molecule has 312 valence electrons. The van der Waals surface area contributed by atoms with Crippen LogP contribution in [0.5, 0.6) is 0 Å². The number of ether oxygens (including phenoxy) is 1. The second-order valence-electron chi connectivity index (χ2n) is 15.1. The van der Waals surface area contributed by atoms with E-state index in [-0.39, 0.29) is 24.9 Å². The smallest absolute Gasteiger partial charge is 0.306 e. The molecule has 0 bridgehead atoms. The number of unbranched alkanes of at least 4 members (excludes halogenated alkanes) is 17. The van der Waals surface area contributed by atoms with Gasteiger partial charge in [-0.05, 0) is 83.5 Å². The summed E-state index contributed by atoms with van der Waals surface area (Å²) in [4.78, 5) is 25.9. The Kier molecular flexibility index (Phi) is 39.8. The molecule has 0 fully saturated rings. The molecule has 54 heavy (non-hydrogen) atoms. The number of amides is 1. The van der Waals surface area contributed by atoms with E-state index in [1.54, 1.807) is 0 Å². The molecule has 6 nitrogen and oxygen atoms in total. The van der Waals surface area contributed by atoms with Gasteiger partial charge in [0.2, 0.25) is 5.91 Å². The van der Waals surface area contributed by atoms with Crippen LogP contribution in [0.1, 0.15) is 207 Å².